The minimum Gasteiger partial charge on any atom is -0.506 e. The summed E-state index contributed by atoms with van der Waals surface area (Å²) >= 11 is 9.99. The van der Waals surface area contributed by atoms with Gasteiger partial charge in [0.15, 0.2) is 0 Å². The lowest BCUT2D eigenvalue weighted by molar-refractivity contribution is 0.468. The van der Waals surface area contributed by atoms with Gasteiger partial charge in [-0.2, -0.15) is 0 Å². The van der Waals surface area contributed by atoms with E-state index < -0.39 is 0 Å². The zero-order valence-corrected chi connectivity index (χ0v) is 13.9. The van der Waals surface area contributed by atoms with Crippen LogP contribution < -0.4 is 5.32 Å². The van der Waals surface area contributed by atoms with Crippen LogP contribution >= 0.6 is 47.8 Å². The Balaban J connectivity index is 2.14. The minimum absolute atomic E-state index is 0.210. The smallest absolute Gasteiger partial charge is 0.143 e. The van der Waals surface area contributed by atoms with Gasteiger partial charge in [-0.1, -0.05) is 0 Å². The fraction of sp³-hybridized carbons (Fsp3) is 0.0833. The molecule has 3 nitrogen and oxygen atoms in total. The van der Waals surface area contributed by atoms with Crippen LogP contribution in [0, 0.1) is 0 Å². The summed E-state index contributed by atoms with van der Waals surface area (Å²) in [6.45, 7) is 0.641. The molecule has 1 aromatic carbocycles. The lowest BCUT2D eigenvalue weighted by Gasteiger charge is -2.09. The molecule has 94 valence electrons. The lowest BCUT2D eigenvalue weighted by atomic mass is 10.2. The van der Waals surface area contributed by atoms with Gasteiger partial charge in [-0.3, -0.25) is 0 Å². The minimum atomic E-state index is 0.210. The Labute approximate surface area is 130 Å². The summed E-state index contributed by atoms with van der Waals surface area (Å²) < 4.78 is 2.11. The van der Waals surface area contributed by atoms with Gasteiger partial charge >= 0.3 is 0 Å². The molecule has 0 unspecified atom stereocenters. The van der Waals surface area contributed by atoms with Gasteiger partial charge in [0.1, 0.15) is 10.4 Å². The van der Waals surface area contributed by atoms with Crippen molar-refractivity contribution >= 4 is 53.5 Å². The Hall–Kier alpha value is -0.590. The zero-order chi connectivity index (χ0) is 13.1. The molecule has 0 aliphatic carbocycles. The van der Waals surface area contributed by atoms with E-state index in [0.29, 0.717) is 15.5 Å². The van der Waals surface area contributed by atoms with Crippen molar-refractivity contribution in [1.82, 2.24) is 4.98 Å². The third-order valence-electron chi connectivity index (χ3n) is 2.32. The molecule has 0 atom stereocenters. The van der Waals surface area contributed by atoms with E-state index >= 15 is 0 Å². The molecular formula is C12H9Br3N2O. The Bertz CT molecular complexity index is 552. The molecule has 0 fully saturated rings. The highest BCUT2D eigenvalue weighted by Crippen LogP contribution is 2.33. The number of pyridine rings is 1. The summed E-state index contributed by atoms with van der Waals surface area (Å²) in [5.74, 6) is 0.210. The highest BCUT2D eigenvalue weighted by atomic mass is 79.9. The van der Waals surface area contributed by atoms with E-state index in [1.807, 2.05) is 24.3 Å². The molecule has 0 amide bonds. The number of anilines is 1. The summed E-state index contributed by atoms with van der Waals surface area (Å²) in [5, 5.41) is 12.9. The molecule has 0 radical (unpaired) electrons. The van der Waals surface area contributed by atoms with Gasteiger partial charge in [0.2, 0.25) is 0 Å². The Kier molecular flexibility index (Phi) is 4.64. The first kappa shape index (κ1) is 13.8. The molecule has 6 heteroatoms. The first-order valence-corrected chi connectivity index (χ1v) is 7.47. The van der Waals surface area contributed by atoms with E-state index in [1.165, 1.54) is 0 Å². The molecule has 2 aromatic rings. The summed E-state index contributed by atoms with van der Waals surface area (Å²) in [6, 6.07) is 7.56. The quantitative estimate of drug-likeness (QED) is 0.686. The molecule has 0 bridgehead atoms. The maximum Gasteiger partial charge on any atom is 0.143 e. The number of nitrogens with zero attached hydrogens (tertiary/aromatic N) is 1. The Morgan fingerprint density at radius 2 is 1.83 bits per heavy atom. The van der Waals surface area contributed by atoms with Crippen molar-refractivity contribution in [2.45, 2.75) is 6.54 Å². The number of aromatic hydroxyl groups is 1. The molecule has 1 heterocycles. The molecule has 1 aromatic heterocycles. The van der Waals surface area contributed by atoms with E-state index in [1.54, 1.807) is 6.20 Å². The second-order valence-corrected chi connectivity index (χ2v) is 6.06. The molecule has 0 spiro atoms. The highest BCUT2D eigenvalue weighted by molar-refractivity contribution is 9.11. The van der Waals surface area contributed by atoms with Crippen LogP contribution in [0.1, 0.15) is 5.56 Å². The van der Waals surface area contributed by atoms with Crippen LogP contribution in [0.3, 0.4) is 0 Å². The lowest BCUT2D eigenvalue weighted by Crippen LogP contribution is -2.00. The van der Waals surface area contributed by atoms with Crippen LogP contribution in [0.4, 0.5) is 5.69 Å². The third kappa shape index (κ3) is 3.24. The number of rotatable bonds is 3. The maximum atomic E-state index is 9.63. The van der Waals surface area contributed by atoms with Gasteiger partial charge in [0.05, 0.1) is 14.6 Å². The Morgan fingerprint density at radius 3 is 2.44 bits per heavy atom. The molecule has 0 aliphatic rings. The van der Waals surface area contributed by atoms with Gasteiger partial charge in [-0.15, -0.1) is 0 Å². The van der Waals surface area contributed by atoms with Gasteiger partial charge in [0.25, 0.3) is 0 Å². The predicted octanol–water partition coefficient (Wildman–Crippen LogP) is 4.69. The number of phenols is 1. The monoisotopic (exact) mass is 434 g/mol. The summed E-state index contributed by atoms with van der Waals surface area (Å²) in [7, 11) is 0. The van der Waals surface area contributed by atoms with E-state index in [9.17, 15) is 5.11 Å². The average Bonchev–Trinajstić information content (AvgIpc) is 2.35. The Morgan fingerprint density at radius 1 is 1.17 bits per heavy atom. The van der Waals surface area contributed by atoms with Crippen LogP contribution in [0.15, 0.2) is 44.0 Å². The van der Waals surface area contributed by atoms with Crippen LogP contribution in [0.25, 0.3) is 0 Å². The number of aromatic nitrogens is 1. The van der Waals surface area contributed by atoms with Crippen LogP contribution in [-0.4, -0.2) is 10.1 Å². The van der Waals surface area contributed by atoms with Crippen molar-refractivity contribution in [1.29, 1.82) is 0 Å². The normalized spacial score (nSPS) is 10.4. The molecular weight excluding hydrogens is 428 g/mol. The third-order valence-corrected chi connectivity index (χ3v) is 4.16. The SMILES string of the molecule is Oc1c(Br)cc(CNc2cccnc2Br)cc1Br. The molecule has 0 aliphatic heterocycles. The van der Waals surface area contributed by atoms with E-state index in [-0.39, 0.29) is 5.75 Å². The first-order valence-electron chi connectivity index (χ1n) is 5.09. The van der Waals surface area contributed by atoms with Crippen molar-refractivity contribution < 1.29 is 5.11 Å². The summed E-state index contributed by atoms with van der Waals surface area (Å²) in [6.07, 6.45) is 1.73. The summed E-state index contributed by atoms with van der Waals surface area (Å²) in [4.78, 5) is 4.14. The number of hydrogen-bond acceptors (Lipinski definition) is 3. The van der Waals surface area contributed by atoms with Gasteiger partial charge in [-0.05, 0) is 77.6 Å². The van der Waals surface area contributed by atoms with Gasteiger partial charge in [0, 0.05) is 12.7 Å². The summed E-state index contributed by atoms with van der Waals surface area (Å²) in [5.41, 5.74) is 1.97. The standard InChI is InChI=1S/C12H9Br3N2O/c13-8-4-7(5-9(14)11(8)18)6-17-10-2-1-3-16-12(10)15/h1-5,17-18H,6H2. The van der Waals surface area contributed by atoms with Crippen molar-refractivity contribution in [3.63, 3.8) is 0 Å². The maximum absolute atomic E-state index is 9.63. The van der Waals surface area contributed by atoms with E-state index in [4.69, 9.17) is 0 Å². The van der Waals surface area contributed by atoms with Gasteiger partial charge < -0.3 is 10.4 Å². The van der Waals surface area contributed by atoms with Crippen molar-refractivity contribution in [3.8, 4) is 5.75 Å². The number of benzene rings is 1. The number of nitrogens with one attached hydrogen (secondary N) is 1. The first-order chi connectivity index (χ1) is 8.58. The topological polar surface area (TPSA) is 45.1 Å². The second-order valence-electron chi connectivity index (χ2n) is 3.60. The fourth-order valence-electron chi connectivity index (χ4n) is 1.44. The highest BCUT2D eigenvalue weighted by Gasteiger charge is 2.06. The van der Waals surface area contributed by atoms with Crippen LogP contribution in [0.5, 0.6) is 5.75 Å². The van der Waals surface area contributed by atoms with Crippen LogP contribution in [0.2, 0.25) is 0 Å². The zero-order valence-electron chi connectivity index (χ0n) is 9.12. The second kappa shape index (κ2) is 6.04. The molecule has 18 heavy (non-hydrogen) atoms. The largest absolute Gasteiger partial charge is 0.506 e. The number of hydrogen-bond donors (Lipinski definition) is 2. The molecule has 2 rings (SSSR count). The van der Waals surface area contributed by atoms with Crippen molar-refractivity contribution in [3.05, 3.63) is 49.6 Å². The van der Waals surface area contributed by atoms with E-state index in [0.717, 1.165) is 15.9 Å². The average molecular weight is 437 g/mol. The van der Waals surface area contributed by atoms with Crippen LogP contribution in [-0.2, 0) is 6.54 Å². The van der Waals surface area contributed by atoms with Crippen molar-refractivity contribution in [2.75, 3.05) is 5.32 Å². The molecule has 0 saturated carbocycles. The molecule has 2 N–H and O–H groups in total. The fourth-order valence-corrected chi connectivity index (χ4v) is 3.11. The van der Waals surface area contributed by atoms with Gasteiger partial charge in [-0.25, -0.2) is 4.98 Å². The number of phenolic OH excluding ortho intramolecular Hbond substituents is 1. The predicted molar refractivity (Wildman–Crippen MR) is 82.8 cm³/mol. The van der Waals surface area contributed by atoms with Crippen molar-refractivity contribution in [2.24, 2.45) is 0 Å². The molecule has 0 saturated heterocycles. The number of halogens is 3. The van der Waals surface area contributed by atoms with E-state index in [2.05, 4.69) is 58.1 Å².